The summed E-state index contributed by atoms with van der Waals surface area (Å²) in [6, 6.07) is 2.79. The number of rotatable bonds is 2. The standard InChI is InChI=1S/C10H6F3N3O2/c11-10(12,13)6-1-3-14-8(5-6)16-4-2-7(15-16)9(17)18/h1-5H,(H,17,18). The number of carboxylic acid groups (broad SMARTS) is 1. The smallest absolute Gasteiger partial charge is 0.416 e. The van der Waals surface area contributed by atoms with Crippen LogP contribution in [0.15, 0.2) is 30.6 Å². The lowest BCUT2D eigenvalue weighted by molar-refractivity contribution is -0.137. The second kappa shape index (κ2) is 4.13. The topological polar surface area (TPSA) is 68.0 Å². The summed E-state index contributed by atoms with van der Waals surface area (Å²) in [6.07, 6.45) is -2.27. The zero-order valence-electron chi connectivity index (χ0n) is 8.72. The number of carboxylic acids is 1. The molecule has 18 heavy (non-hydrogen) atoms. The van der Waals surface area contributed by atoms with E-state index in [1.54, 1.807) is 0 Å². The van der Waals surface area contributed by atoms with Gasteiger partial charge in [0.25, 0.3) is 0 Å². The van der Waals surface area contributed by atoms with E-state index in [1.165, 1.54) is 12.3 Å². The van der Waals surface area contributed by atoms with Gasteiger partial charge in [0.1, 0.15) is 0 Å². The third-order valence-electron chi connectivity index (χ3n) is 2.12. The molecule has 2 heterocycles. The fraction of sp³-hybridized carbons (Fsp3) is 0.100. The van der Waals surface area contributed by atoms with Crippen LogP contribution in [0.5, 0.6) is 0 Å². The average Bonchev–Trinajstić information content (AvgIpc) is 2.77. The van der Waals surface area contributed by atoms with Gasteiger partial charge in [-0.3, -0.25) is 0 Å². The van der Waals surface area contributed by atoms with Crippen LogP contribution >= 0.6 is 0 Å². The first-order chi connectivity index (χ1) is 8.38. The molecule has 0 saturated heterocycles. The van der Waals surface area contributed by atoms with E-state index >= 15 is 0 Å². The summed E-state index contributed by atoms with van der Waals surface area (Å²) in [4.78, 5) is 14.3. The fourth-order valence-corrected chi connectivity index (χ4v) is 1.29. The largest absolute Gasteiger partial charge is 0.476 e. The quantitative estimate of drug-likeness (QED) is 0.893. The Bertz CT molecular complexity index is 592. The summed E-state index contributed by atoms with van der Waals surface area (Å²) < 4.78 is 38.4. The SMILES string of the molecule is O=C(O)c1ccn(-c2cc(C(F)(F)F)ccn2)n1. The molecule has 0 aliphatic heterocycles. The summed E-state index contributed by atoms with van der Waals surface area (Å²) >= 11 is 0. The van der Waals surface area contributed by atoms with E-state index in [9.17, 15) is 18.0 Å². The van der Waals surface area contributed by atoms with Gasteiger partial charge < -0.3 is 5.11 Å². The van der Waals surface area contributed by atoms with Gasteiger partial charge in [0.15, 0.2) is 11.5 Å². The van der Waals surface area contributed by atoms with Crippen LogP contribution in [-0.2, 0) is 6.18 Å². The first-order valence-corrected chi connectivity index (χ1v) is 4.70. The Morgan fingerprint density at radius 1 is 1.33 bits per heavy atom. The molecule has 2 rings (SSSR count). The van der Waals surface area contributed by atoms with Crippen molar-refractivity contribution in [2.45, 2.75) is 6.18 Å². The summed E-state index contributed by atoms with van der Waals surface area (Å²) in [5.41, 5.74) is -1.14. The van der Waals surface area contributed by atoms with Crippen LogP contribution in [0, 0.1) is 0 Å². The van der Waals surface area contributed by atoms with Crippen molar-refractivity contribution < 1.29 is 23.1 Å². The van der Waals surface area contributed by atoms with Gasteiger partial charge in [-0.25, -0.2) is 14.5 Å². The Kier molecular flexibility index (Phi) is 2.77. The molecule has 0 amide bonds. The number of nitrogens with zero attached hydrogens (tertiary/aromatic N) is 3. The minimum atomic E-state index is -4.49. The van der Waals surface area contributed by atoms with Crippen LogP contribution in [0.3, 0.4) is 0 Å². The van der Waals surface area contributed by atoms with Gasteiger partial charge in [0.05, 0.1) is 5.56 Å². The fourth-order valence-electron chi connectivity index (χ4n) is 1.29. The third-order valence-corrected chi connectivity index (χ3v) is 2.12. The number of carbonyl (C=O) groups is 1. The van der Waals surface area contributed by atoms with Crippen LogP contribution < -0.4 is 0 Å². The molecule has 1 N–H and O–H groups in total. The molecule has 0 fully saturated rings. The van der Waals surface area contributed by atoms with E-state index in [4.69, 9.17) is 5.11 Å². The van der Waals surface area contributed by atoms with Crippen molar-refractivity contribution in [1.82, 2.24) is 14.8 Å². The Morgan fingerprint density at radius 3 is 2.61 bits per heavy atom. The van der Waals surface area contributed by atoms with Crippen LogP contribution in [0.2, 0.25) is 0 Å². The van der Waals surface area contributed by atoms with Gasteiger partial charge in [-0.05, 0) is 18.2 Å². The lowest BCUT2D eigenvalue weighted by atomic mass is 10.2. The van der Waals surface area contributed by atoms with E-state index in [0.29, 0.717) is 0 Å². The molecule has 0 radical (unpaired) electrons. The summed E-state index contributed by atoms with van der Waals surface area (Å²) in [6.45, 7) is 0. The number of halogens is 3. The van der Waals surface area contributed by atoms with Gasteiger partial charge in [-0.15, -0.1) is 0 Å². The molecule has 0 atom stereocenters. The molecule has 0 saturated carbocycles. The zero-order valence-corrected chi connectivity index (χ0v) is 8.72. The predicted molar refractivity (Wildman–Crippen MR) is 53.3 cm³/mol. The predicted octanol–water partition coefficient (Wildman–Crippen LogP) is 1.98. The lowest BCUT2D eigenvalue weighted by Crippen LogP contribution is -2.08. The molecule has 0 bridgehead atoms. The van der Waals surface area contributed by atoms with Gasteiger partial charge in [0, 0.05) is 12.4 Å². The molecule has 2 aromatic rings. The molecule has 0 aliphatic rings. The van der Waals surface area contributed by atoms with E-state index in [-0.39, 0.29) is 11.5 Å². The van der Waals surface area contributed by atoms with Gasteiger partial charge >= 0.3 is 12.1 Å². The van der Waals surface area contributed by atoms with E-state index < -0.39 is 17.7 Å². The Morgan fingerprint density at radius 2 is 2.06 bits per heavy atom. The molecule has 0 unspecified atom stereocenters. The highest BCUT2D eigenvalue weighted by molar-refractivity contribution is 5.85. The monoisotopic (exact) mass is 257 g/mol. The highest BCUT2D eigenvalue weighted by atomic mass is 19.4. The van der Waals surface area contributed by atoms with Crippen molar-refractivity contribution in [1.29, 1.82) is 0 Å². The number of hydrogen-bond acceptors (Lipinski definition) is 3. The Labute approximate surface area is 98.5 Å². The summed E-state index contributed by atoms with van der Waals surface area (Å²) in [5.74, 6) is -1.36. The van der Waals surface area contributed by atoms with Gasteiger partial charge in [-0.2, -0.15) is 18.3 Å². The molecule has 0 aliphatic carbocycles. The minimum Gasteiger partial charge on any atom is -0.476 e. The summed E-state index contributed by atoms with van der Waals surface area (Å²) in [5, 5.41) is 12.2. The normalized spacial score (nSPS) is 11.5. The van der Waals surface area contributed by atoms with Crippen molar-refractivity contribution >= 4 is 5.97 Å². The second-order valence-corrected chi connectivity index (χ2v) is 3.35. The Hall–Kier alpha value is -2.38. The van der Waals surface area contributed by atoms with Crippen LogP contribution in [0.1, 0.15) is 16.1 Å². The third kappa shape index (κ3) is 2.31. The molecule has 2 aromatic heterocycles. The molecular weight excluding hydrogens is 251 g/mol. The summed E-state index contributed by atoms with van der Waals surface area (Å²) in [7, 11) is 0. The molecule has 0 spiro atoms. The first kappa shape index (κ1) is 12.1. The number of hydrogen-bond donors (Lipinski definition) is 1. The maximum Gasteiger partial charge on any atom is 0.416 e. The minimum absolute atomic E-state index is 0.0997. The van der Waals surface area contributed by atoms with Crippen molar-refractivity contribution in [2.75, 3.05) is 0 Å². The highest BCUT2D eigenvalue weighted by Crippen LogP contribution is 2.29. The number of pyridine rings is 1. The number of aromatic carboxylic acids is 1. The van der Waals surface area contributed by atoms with Gasteiger partial charge in [0.2, 0.25) is 0 Å². The van der Waals surface area contributed by atoms with Crippen molar-refractivity contribution in [2.24, 2.45) is 0 Å². The molecular formula is C10H6F3N3O2. The van der Waals surface area contributed by atoms with Gasteiger partial charge in [-0.1, -0.05) is 0 Å². The first-order valence-electron chi connectivity index (χ1n) is 4.70. The van der Waals surface area contributed by atoms with Crippen LogP contribution in [-0.4, -0.2) is 25.8 Å². The Balaban J connectivity index is 2.41. The van der Waals surface area contributed by atoms with Crippen molar-refractivity contribution in [3.63, 3.8) is 0 Å². The molecule has 0 aromatic carbocycles. The maximum atomic E-state index is 12.5. The zero-order chi connectivity index (χ0) is 13.3. The highest BCUT2D eigenvalue weighted by Gasteiger charge is 2.30. The molecule has 8 heteroatoms. The van der Waals surface area contributed by atoms with Crippen molar-refractivity contribution in [3.05, 3.63) is 41.9 Å². The van der Waals surface area contributed by atoms with E-state index in [1.807, 2.05) is 0 Å². The van der Waals surface area contributed by atoms with E-state index in [0.717, 1.165) is 23.0 Å². The number of aromatic nitrogens is 3. The van der Waals surface area contributed by atoms with Crippen LogP contribution in [0.4, 0.5) is 13.2 Å². The average molecular weight is 257 g/mol. The van der Waals surface area contributed by atoms with Crippen molar-refractivity contribution in [3.8, 4) is 5.82 Å². The number of alkyl halides is 3. The maximum absolute atomic E-state index is 12.5. The molecule has 5 nitrogen and oxygen atoms in total. The second-order valence-electron chi connectivity index (χ2n) is 3.35. The van der Waals surface area contributed by atoms with E-state index in [2.05, 4.69) is 10.1 Å². The lowest BCUT2D eigenvalue weighted by Gasteiger charge is -2.07. The molecule has 94 valence electrons. The van der Waals surface area contributed by atoms with Crippen LogP contribution in [0.25, 0.3) is 5.82 Å².